The monoisotopic (exact) mass is 394 g/mol. The van der Waals surface area contributed by atoms with Gasteiger partial charge in [0.15, 0.2) is 0 Å². The molecule has 4 nitrogen and oxygen atoms in total. The van der Waals surface area contributed by atoms with Gasteiger partial charge in [-0.25, -0.2) is 9.97 Å². The van der Waals surface area contributed by atoms with Crippen molar-refractivity contribution in [1.82, 2.24) is 15.0 Å². The van der Waals surface area contributed by atoms with Crippen LogP contribution in [-0.4, -0.2) is 21.5 Å². The standard InChI is InChI=1S/C23H27ClN4/c1-14-11-15(2)26-23(25-14)28-10-9-18-19-13-17(24)7-8-20(19)27-22(18)21(28)12-16-5-3-4-6-16/h7-8,11,13,16,21,27H,3-6,9-10,12H2,1-2H3. The number of hydrogen-bond donors (Lipinski definition) is 1. The molecular weight excluding hydrogens is 368 g/mol. The Balaban J connectivity index is 1.61. The van der Waals surface area contributed by atoms with E-state index in [0.29, 0.717) is 6.04 Å². The molecular formula is C23H27ClN4. The van der Waals surface area contributed by atoms with Crippen molar-refractivity contribution in [2.45, 2.75) is 58.4 Å². The van der Waals surface area contributed by atoms with E-state index >= 15 is 0 Å². The lowest BCUT2D eigenvalue weighted by Crippen LogP contribution is -2.37. The first kappa shape index (κ1) is 18.0. The normalized spacial score (nSPS) is 20.1. The number of hydrogen-bond acceptors (Lipinski definition) is 3. The first-order valence-corrected chi connectivity index (χ1v) is 10.9. The van der Waals surface area contributed by atoms with Crippen molar-refractivity contribution in [1.29, 1.82) is 0 Å². The van der Waals surface area contributed by atoms with Crippen LogP contribution in [0.25, 0.3) is 10.9 Å². The van der Waals surface area contributed by atoms with Crippen molar-refractivity contribution in [3.63, 3.8) is 0 Å². The van der Waals surface area contributed by atoms with Gasteiger partial charge in [-0.15, -0.1) is 0 Å². The second-order valence-electron chi connectivity index (χ2n) is 8.50. The van der Waals surface area contributed by atoms with Crippen LogP contribution in [0, 0.1) is 19.8 Å². The van der Waals surface area contributed by atoms with E-state index < -0.39 is 0 Å². The van der Waals surface area contributed by atoms with E-state index in [2.05, 4.69) is 41.9 Å². The average molecular weight is 395 g/mol. The van der Waals surface area contributed by atoms with Crippen LogP contribution in [0.5, 0.6) is 0 Å². The lowest BCUT2D eigenvalue weighted by Gasteiger charge is -2.37. The average Bonchev–Trinajstić information content (AvgIpc) is 3.29. The molecule has 1 unspecified atom stereocenters. The summed E-state index contributed by atoms with van der Waals surface area (Å²) in [6, 6.07) is 8.56. The molecule has 1 aromatic carbocycles. The summed E-state index contributed by atoms with van der Waals surface area (Å²) in [5, 5.41) is 2.08. The Bertz CT molecular complexity index is 999. The van der Waals surface area contributed by atoms with Gasteiger partial charge in [-0.1, -0.05) is 37.3 Å². The van der Waals surface area contributed by atoms with Crippen molar-refractivity contribution >= 4 is 28.5 Å². The van der Waals surface area contributed by atoms with Crippen LogP contribution < -0.4 is 4.90 Å². The minimum absolute atomic E-state index is 0.305. The molecule has 2 aliphatic rings. The molecule has 2 aromatic heterocycles. The highest BCUT2D eigenvalue weighted by Gasteiger charge is 2.34. The fraction of sp³-hybridized carbons (Fsp3) is 0.478. The lowest BCUT2D eigenvalue weighted by atomic mass is 9.89. The predicted octanol–water partition coefficient (Wildman–Crippen LogP) is 5.91. The van der Waals surface area contributed by atoms with Crippen molar-refractivity contribution in [3.8, 4) is 0 Å². The molecule has 3 heterocycles. The summed E-state index contributed by atoms with van der Waals surface area (Å²) >= 11 is 6.31. The lowest BCUT2D eigenvalue weighted by molar-refractivity contribution is 0.411. The van der Waals surface area contributed by atoms with Crippen LogP contribution in [-0.2, 0) is 6.42 Å². The van der Waals surface area contributed by atoms with Gasteiger partial charge in [0.1, 0.15) is 0 Å². The third-order valence-corrected chi connectivity index (χ3v) is 6.71. The first-order valence-electron chi connectivity index (χ1n) is 10.5. The highest BCUT2D eigenvalue weighted by molar-refractivity contribution is 6.31. The molecule has 0 bridgehead atoms. The number of benzene rings is 1. The molecule has 28 heavy (non-hydrogen) atoms. The second kappa shape index (κ2) is 7.07. The van der Waals surface area contributed by atoms with Crippen LogP contribution in [0.2, 0.25) is 5.02 Å². The van der Waals surface area contributed by atoms with Gasteiger partial charge in [-0.05, 0) is 62.4 Å². The summed E-state index contributed by atoms with van der Waals surface area (Å²) in [5.41, 5.74) is 6.04. The largest absolute Gasteiger partial charge is 0.356 e. The Morgan fingerprint density at radius 2 is 1.86 bits per heavy atom. The van der Waals surface area contributed by atoms with E-state index in [1.807, 2.05) is 6.07 Å². The molecule has 1 aliphatic carbocycles. The zero-order valence-corrected chi connectivity index (χ0v) is 17.4. The number of aromatic amines is 1. The van der Waals surface area contributed by atoms with Gasteiger partial charge in [-0.3, -0.25) is 0 Å². The number of H-pyrrole nitrogens is 1. The fourth-order valence-corrected chi connectivity index (χ4v) is 5.39. The predicted molar refractivity (Wildman–Crippen MR) is 115 cm³/mol. The van der Waals surface area contributed by atoms with Gasteiger partial charge >= 0.3 is 0 Å². The highest BCUT2D eigenvalue weighted by atomic mass is 35.5. The summed E-state index contributed by atoms with van der Waals surface area (Å²) in [5.74, 6) is 1.67. The Morgan fingerprint density at radius 3 is 2.61 bits per heavy atom. The second-order valence-corrected chi connectivity index (χ2v) is 8.94. The Labute approximate surface area is 171 Å². The molecule has 5 rings (SSSR count). The van der Waals surface area contributed by atoms with Gasteiger partial charge in [0, 0.05) is 39.6 Å². The van der Waals surface area contributed by atoms with Gasteiger partial charge in [0.05, 0.1) is 6.04 Å². The van der Waals surface area contributed by atoms with E-state index in [9.17, 15) is 0 Å². The minimum atomic E-state index is 0.305. The van der Waals surface area contributed by atoms with Crippen LogP contribution in [0.15, 0.2) is 24.3 Å². The number of aromatic nitrogens is 3. The molecule has 1 atom stereocenters. The SMILES string of the molecule is Cc1cc(C)nc(N2CCc3c([nH]c4ccc(Cl)cc34)C2CC2CCCC2)n1. The third kappa shape index (κ3) is 3.18. The quantitative estimate of drug-likeness (QED) is 0.600. The Hall–Kier alpha value is -2.07. The zero-order valence-electron chi connectivity index (χ0n) is 16.6. The summed E-state index contributed by atoms with van der Waals surface area (Å²) in [6.45, 7) is 5.07. The molecule has 1 fully saturated rings. The Kier molecular flexibility index (Phi) is 4.54. The van der Waals surface area contributed by atoms with Crippen molar-refractivity contribution in [2.75, 3.05) is 11.4 Å². The Morgan fingerprint density at radius 1 is 1.11 bits per heavy atom. The van der Waals surface area contributed by atoms with E-state index in [1.165, 1.54) is 54.3 Å². The molecule has 1 N–H and O–H groups in total. The number of rotatable bonds is 3. The van der Waals surface area contributed by atoms with E-state index in [1.54, 1.807) is 0 Å². The summed E-state index contributed by atoms with van der Waals surface area (Å²) < 4.78 is 0. The zero-order chi connectivity index (χ0) is 19.3. The maximum Gasteiger partial charge on any atom is 0.226 e. The number of aryl methyl sites for hydroxylation is 2. The number of nitrogens with zero attached hydrogens (tertiary/aromatic N) is 3. The number of nitrogens with one attached hydrogen (secondary N) is 1. The number of halogens is 1. The highest BCUT2D eigenvalue weighted by Crippen LogP contribution is 2.42. The molecule has 0 saturated heterocycles. The first-order chi connectivity index (χ1) is 13.6. The fourth-order valence-electron chi connectivity index (χ4n) is 5.22. The molecule has 1 saturated carbocycles. The van der Waals surface area contributed by atoms with Gasteiger partial charge in [0.2, 0.25) is 5.95 Å². The topological polar surface area (TPSA) is 44.8 Å². The molecule has 0 radical (unpaired) electrons. The number of anilines is 1. The summed E-state index contributed by atoms with van der Waals surface area (Å²) in [4.78, 5) is 15.8. The van der Waals surface area contributed by atoms with E-state index in [-0.39, 0.29) is 0 Å². The molecule has 1 aliphatic heterocycles. The summed E-state index contributed by atoms with van der Waals surface area (Å²) in [7, 11) is 0. The third-order valence-electron chi connectivity index (χ3n) is 6.47. The molecule has 0 amide bonds. The van der Waals surface area contributed by atoms with Crippen LogP contribution in [0.1, 0.15) is 60.8 Å². The van der Waals surface area contributed by atoms with E-state index in [4.69, 9.17) is 21.6 Å². The molecule has 5 heteroatoms. The molecule has 146 valence electrons. The minimum Gasteiger partial charge on any atom is -0.356 e. The van der Waals surface area contributed by atoms with Gasteiger partial charge < -0.3 is 9.88 Å². The number of fused-ring (bicyclic) bond motifs is 3. The van der Waals surface area contributed by atoms with Gasteiger partial charge in [0.25, 0.3) is 0 Å². The maximum absolute atomic E-state index is 6.31. The van der Waals surface area contributed by atoms with Crippen molar-refractivity contribution in [3.05, 3.63) is 51.9 Å². The van der Waals surface area contributed by atoms with Gasteiger partial charge in [-0.2, -0.15) is 0 Å². The van der Waals surface area contributed by atoms with Crippen molar-refractivity contribution in [2.24, 2.45) is 5.92 Å². The maximum atomic E-state index is 6.31. The summed E-state index contributed by atoms with van der Waals surface area (Å²) in [6.07, 6.45) is 7.59. The van der Waals surface area contributed by atoms with Crippen LogP contribution >= 0.6 is 11.6 Å². The van der Waals surface area contributed by atoms with Crippen LogP contribution in [0.3, 0.4) is 0 Å². The van der Waals surface area contributed by atoms with E-state index in [0.717, 1.165) is 41.2 Å². The smallest absolute Gasteiger partial charge is 0.226 e. The van der Waals surface area contributed by atoms with Crippen molar-refractivity contribution < 1.29 is 0 Å². The molecule has 3 aromatic rings. The molecule has 0 spiro atoms. The van der Waals surface area contributed by atoms with Crippen LogP contribution in [0.4, 0.5) is 5.95 Å².